The molecule has 1 unspecified atom stereocenters. The number of Topliss-reactive ketones (excluding diaryl/α,β-unsaturated/α-hetero) is 1. The highest BCUT2D eigenvalue weighted by atomic mass is 16.2. The van der Waals surface area contributed by atoms with Crippen molar-refractivity contribution < 1.29 is 14.4 Å². The molecule has 0 aliphatic carbocycles. The molecule has 3 rings (SSSR count). The summed E-state index contributed by atoms with van der Waals surface area (Å²) in [5.74, 6) is -0.469. The SMILES string of the molecule is CC(C)C[C@H](NC(=O)c1ccncc1)C(=O)NC1CN(Cc2ccccc2)CC1=O. The maximum atomic E-state index is 12.9. The predicted molar refractivity (Wildman–Crippen MR) is 114 cm³/mol. The molecule has 0 bridgehead atoms. The molecule has 2 aromatic rings. The van der Waals surface area contributed by atoms with Crippen LogP contribution in [0.25, 0.3) is 0 Å². The smallest absolute Gasteiger partial charge is 0.252 e. The van der Waals surface area contributed by atoms with E-state index in [1.165, 1.54) is 12.4 Å². The predicted octanol–water partition coefficient (Wildman–Crippen LogP) is 1.80. The fourth-order valence-corrected chi connectivity index (χ4v) is 3.56. The molecule has 2 amide bonds. The van der Waals surface area contributed by atoms with Gasteiger partial charge in [0, 0.05) is 31.0 Å². The molecule has 1 aliphatic rings. The number of benzene rings is 1. The van der Waals surface area contributed by atoms with Gasteiger partial charge in [-0.15, -0.1) is 0 Å². The van der Waals surface area contributed by atoms with E-state index in [0.717, 1.165) is 5.56 Å². The quantitative estimate of drug-likeness (QED) is 0.695. The minimum atomic E-state index is -0.707. The summed E-state index contributed by atoms with van der Waals surface area (Å²) >= 11 is 0. The minimum Gasteiger partial charge on any atom is -0.343 e. The molecule has 0 spiro atoms. The summed E-state index contributed by atoms with van der Waals surface area (Å²) in [6.45, 7) is 5.40. The molecule has 2 atom stereocenters. The second-order valence-corrected chi connectivity index (χ2v) is 8.07. The Balaban J connectivity index is 1.60. The molecule has 7 nitrogen and oxygen atoms in total. The van der Waals surface area contributed by atoms with E-state index < -0.39 is 12.1 Å². The second kappa shape index (κ2) is 10.1. The molecule has 30 heavy (non-hydrogen) atoms. The molecule has 1 saturated heterocycles. The highest BCUT2D eigenvalue weighted by Crippen LogP contribution is 2.13. The number of aromatic nitrogens is 1. The third kappa shape index (κ3) is 5.97. The van der Waals surface area contributed by atoms with Crippen LogP contribution >= 0.6 is 0 Å². The monoisotopic (exact) mass is 408 g/mol. The zero-order chi connectivity index (χ0) is 21.5. The van der Waals surface area contributed by atoms with Gasteiger partial charge in [0.2, 0.25) is 5.91 Å². The number of carbonyl (C=O) groups excluding carboxylic acids is 3. The van der Waals surface area contributed by atoms with Gasteiger partial charge in [-0.3, -0.25) is 24.3 Å². The number of ketones is 1. The zero-order valence-corrected chi connectivity index (χ0v) is 17.4. The fourth-order valence-electron chi connectivity index (χ4n) is 3.56. The van der Waals surface area contributed by atoms with Crippen molar-refractivity contribution in [3.63, 3.8) is 0 Å². The summed E-state index contributed by atoms with van der Waals surface area (Å²) in [5, 5.41) is 5.65. The lowest BCUT2D eigenvalue weighted by Crippen LogP contribution is -2.52. The minimum absolute atomic E-state index is 0.0111. The lowest BCUT2D eigenvalue weighted by Gasteiger charge is -2.22. The third-order valence-corrected chi connectivity index (χ3v) is 5.05. The Morgan fingerprint density at radius 3 is 2.50 bits per heavy atom. The molecule has 2 N–H and O–H groups in total. The zero-order valence-electron chi connectivity index (χ0n) is 17.4. The van der Waals surface area contributed by atoms with Crippen molar-refractivity contribution >= 4 is 17.6 Å². The van der Waals surface area contributed by atoms with Gasteiger partial charge >= 0.3 is 0 Å². The Labute approximate surface area is 176 Å². The lowest BCUT2D eigenvalue weighted by molar-refractivity contribution is -0.127. The van der Waals surface area contributed by atoms with Crippen molar-refractivity contribution in [2.75, 3.05) is 13.1 Å². The summed E-state index contributed by atoms with van der Waals surface area (Å²) in [4.78, 5) is 43.8. The number of likely N-dealkylation sites (tertiary alicyclic amines) is 1. The van der Waals surface area contributed by atoms with E-state index in [9.17, 15) is 14.4 Å². The summed E-state index contributed by atoms with van der Waals surface area (Å²) in [6.07, 6.45) is 3.55. The van der Waals surface area contributed by atoms with Gasteiger partial charge in [0.1, 0.15) is 12.1 Å². The van der Waals surface area contributed by atoms with Crippen molar-refractivity contribution in [2.24, 2.45) is 5.92 Å². The largest absolute Gasteiger partial charge is 0.343 e. The topological polar surface area (TPSA) is 91.4 Å². The number of hydrogen-bond acceptors (Lipinski definition) is 5. The van der Waals surface area contributed by atoms with E-state index >= 15 is 0 Å². The molecule has 7 heteroatoms. The van der Waals surface area contributed by atoms with E-state index in [-0.39, 0.29) is 23.5 Å². The summed E-state index contributed by atoms with van der Waals surface area (Å²) in [6, 6.07) is 11.9. The molecule has 0 saturated carbocycles. The summed E-state index contributed by atoms with van der Waals surface area (Å²) in [5.41, 5.74) is 1.57. The van der Waals surface area contributed by atoms with Crippen LogP contribution in [0.3, 0.4) is 0 Å². The lowest BCUT2D eigenvalue weighted by atomic mass is 10.0. The summed E-state index contributed by atoms with van der Waals surface area (Å²) < 4.78 is 0. The normalized spacial score (nSPS) is 17.7. The van der Waals surface area contributed by atoms with Gasteiger partial charge in [-0.2, -0.15) is 0 Å². The van der Waals surface area contributed by atoms with Crippen LogP contribution in [0.5, 0.6) is 0 Å². The third-order valence-electron chi connectivity index (χ3n) is 5.05. The van der Waals surface area contributed by atoms with Crippen LogP contribution in [-0.4, -0.2) is 52.7 Å². The molecule has 1 aliphatic heterocycles. The van der Waals surface area contributed by atoms with Gasteiger partial charge in [0.05, 0.1) is 6.54 Å². The van der Waals surface area contributed by atoms with Gasteiger partial charge in [-0.1, -0.05) is 44.2 Å². The molecular formula is C23H28N4O3. The van der Waals surface area contributed by atoms with Gasteiger partial charge in [-0.05, 0) is 30.0 Å². The van der Waals surface area contributed by atoms with Crippen LogP contribution in [-0.2, 0) is 16.1 Å². The van der Waals surface area contributed by atoms with E-state index in [0.29, 0.717) is 31.6 Å². The maximum absolute atomic E-state index is 12.9. The Morgan fingerprint density at radius 2 is 1.83 bits per heavy atom. The van der Waals surface area contributed by atoms with Gasteiger partial charge in [0.15, 0.2) is 5.78 Å². The second-order valence-electron chi connectivity index (χ2n) is 8.07. The standard InChI is InChI=1S/C23H28N4O3/c1-16(2)12-19(25-22(29)18-8-10-24-11-9-18)23(30)26-20-14-27(15-21(20)28)13-17-6-4-3-5-7-17/h3-11,16,19-20H,12-15H2,1-2H3,(H,25,29)(H,26,30)/t19-,20?/m0/s1. The number of hydrogen-bond donors (Lipinski definition) is 2. The van der Waals surface area contributed by atoms with Crippen molar-refractivity contribution in [1.29, 1.82) is 0 Å². The van der Waals surface area contributed by atoms with Gasteiger partial charge < -0.3 is 10.6 Å². The first-order chi connectivity index (χ1) is 14.4. The van der Waals surface area contributed by atoms with Crippen molar-refractivity contribution in [2.45, 2.75) is 38.9 Å². The highest BCUT2D eigenvalue weighted by Gasteiger charge is 2.34. The molecular weight excluding hydrogens is 380 g/mol. The van der Waals surface area contributed by atoms with E-state index in [4.69, 9.17) is 0 Å². The number of amides is 2. The molecule has 0 radical (unpaired) electrons. The number of carbonyl (C=O) groups is 3. The first-order valence-electron chi connectivity index (χ1n) is 10.2. The number of rotatable bonds is 8. The average Bonchev–Trinajstić information content (AvgIpc) is 3.07. The number of nitrogens with one attached hydrogen (secondary N) is 2. The van der Waals surface area contributed by atoms with Crippen molar-refractivity contribution in [1.82, 2.24) is 20.5 Å². The Kier molecular flexibility index (Phi) is 7.30. The first-order valence-corrected chi connectivity index (χ1v) is 10.2. The van der Waals surface area contributed by atoms with Crippen LogP contribution in [0.15, 0.2) is 54.9 Å². The maximum Gasteiger partial charge on any atom is 0.252 e. The van der Waals surface area contributed by atoms with E-state index in [2.05, 4.69) is 15.6 Å². The van der Waals surface area contributed by atoms with Crippen LogP contribution in [0.2, 0.25) is 0 Å². The summed E-state index contributed by atoms with van der Waals surface area (Å²) in [7, 11) is 0. The van der Waals surface area contributed by atoms with Crippen molar-refractivity contribution in [3.05, 3.63) is 66.0 Å². The van der Waals surface area contributed by atoms with Crippen molar-refractivity contribution in [3.8, 4) is 0 Å². The van der Waals surface area contributed by atoms with E-state index in [1.807, 2.05) is 49.1 Å². The van der Waals surface area contributed by atoms with E-state index in [1.54, 1.807) is 12.1 Å². The van der Waals surface area contributed by atoms with Gasteiger partial charge in [0.25, 0.3) is 5.91 Å². The fraction of sp³-hybridized carbons (Fsp3) is 0.391. The van der Waals surface area contributed by atoms with Crippen LogP contribution in [0.1, 0.15) is 36.2 Å². The molecule has 1 fully saturated rings. The van der Waals surface area contributed by atoms with Crippen LogP contribution in [0, 0.1) is 5.92 Å². The van der Waals surface area contributed by atoms with Crippen LogP contribution < -0.4 is 10.6 Å². The Bertz CT molecular complexity index is 871. The molecule has 1 aromatic heterocycles. The molecule has 158 valence electrons. The van der Waals surface area contributed by atoms with Gasteiger partial charge in [-0.25, -0.2) is 0 Å². The number of nitrogens with zero attached hydrogens (tertiary/aromatic N) is 2. The average molecular weight is 409 g/mol. The molecule has 1 aromatic carbocycles. The Hall–Kier alpha value is -3.06. The Morgan fingerprint density at radius 1 is 1.13 bits per heavy atom. The van der Waals surface area contributed by atoms with Crippen LogP contribution in [0.4, 0.5) is 0 Å². The highest BCUT2D eigenvalue weighted by molar-refractivity contribution is 5.98. The molecule has 2 heterocycles. The first kappa shape index (κ1) is 21.6. The number of pyridine rings is 1.